The van der Waals surface area contributed by atoms with Gasteiger partial charge in [-0.1, -0.05) is 18.2 Å². The van der Waals surface area contributed by atoms with Gasteiger partial charge in [-0.3, -0.25) is 25.0 Å². The summed E-state index contributed by atoms with van der Waals surface area (Å²) in [5.74, 6) is -0.0394. The van der Waals surface area contributed by atoms with Crippen LogP contribution in [0.2, 0.25) is 0 Å². The fourth-order valence-electron chi connectivity index (χ4n) is 3.15. The van der Waals surface area contributed by atoms with Gasteiger partial charge in [0.05, 0.1) is 17.8 Å². The number of hydrogen-bond acceptors (Lipinski definition) is 4. The lowest BCUT2D eigenvalue weighted by atomic mass is 10.1. The van der Waals surface area contributed by atoms with Crippen LogP contribution in [0.15, 0.2) is 42.6 Å². The van der Waals surface area contributed by atoms with Gasteiger partial charge in [-0.25, -0.2) is 0 Å². The largest absolute Gasteiger partial charge is 0.416 e. The third kappa shape index (κ3) is 5.63. The number of carbonyl (C=O) groups is 1. The number of thiocarbonyl (C=S) groups is 1. The van der Waals surface area contributed by atoms with E-state index in [4.69, 9.17) is 12.2 Å². The van der Waals surface area contributed by atoms with E-state index in [1.54, 1.807) is 23.7 Å². The number of benzene rings is 1. The number of aromatic nitrogens is 4. The fourth-order valence-corrected chi connectivity index (χ4v) is 3.30. The molecule has 1 atom stereocenters. The van der Waals surface area contributed by atoms with Gasteiger partial charge in [0.15, 0.2) is 10.9 Å². The van der Waals surface area contributed by atoms with Crippen LogP contribution >= 0.6 is 12.2 Å². The molecule has 0 spiro atoms. The molecule has 3 N–H and O–H groups in total. The molecule has 0 aliphatic rings. The smallest absolute Gasteiger partial charge is 0.315 e. The van der Waals surface area contributed by atoms with Gasteiger partial charge in [0.2, 0.25) is 0 Å². The fraction of sp³-hybridized carbons (Fsp3) is 0.300. The van der Waals surface area contributed by atoms with Gasteiger partial charge in [0, 0.05) is 18.0 Å². The Bertz CT molecular complexity index is 1120. The molecular weight excluding hydrogens is 443 g/mol. The van der Waals surface area contributed by atoms with Crippen LogP contribution in [0.5, 0.6) is 0 Å². The topological polar surface area (TPSA) is 88.8 Å². The first-order valence-electron chi connectivity index (χ1n) is 9.62. The van der Waals surface area contributed by atoms with Gasteiger partial charge in [-0.05, 0) is 50.7 Å². The number of hydrogen-bond donors (Lipinski definition) is 3. The lowest BCUT2D eigenvalue weighted by Gasteiger charge is -2.16. The summed E-state index contributed by atoms with van der Waals surface area (Å²) >= 11 is 5.14. The molecule has 1 unspecified atom stereocenters. The Kier molecular flexibility index (Phi) is 6.82. The first kappa shape index (κ1) is 23.3. The Hall–Kier alpha value is -3.41. The predicted molar refractivity (Wildman–Crippen MR) is 117 cm³/mol. The van der Waals surface area contributed by atoms with Crippen molar-refractivity contribution in [2.45, 2.75) is 39.5 Å². The van der Waals surface area contributed by atoms with E-state index in [0.717, 1.165) is 17.5 Å². The number of halogens is 3. The molecule has 12 heteroatoms. The summed E-state index contributed by atoms with van der Waals surface area (Å²) in [5, 5.41) is 11.3. The highest BCUT2D eigenvalue weighted by molar-refractivity contribution is 7.80. The van der Waals surface area contributed by atoms with Crippen molar-refractivity contribution in [2.24, 2.45) is 0 Å². The predicted octanol–water partition coefficient (Wildman–Crippen LogP) is 3.34. The SMILES string of the molecule is Cc1cc(C)n(C(C)C(=O)NNC(=S)Nc2ccn(Cc3ccccc3C(F)(F)F)n2)n1. The lowest BCUT2D eigenvalue weighted by Crippen LogP contribution is -2.46. The summed E-state index contributed by atoms with van der Waals surface area (Å²) in [6.45, 7) is 5.33. The number of nitrogens with zero attached hydrogens (tertiary/aromatic N) is 4. The average molecular weight is 466 g/mol. The van der Waals surface area contributed by atoms with E-state index in [-0.39, 0.29) is 23.1 Å². The van der Waals surface area contributed by atoms with Crippen LogP contribution < -0.4 is 16.2 Å². The molecule has 1 aromatic carbocycles. The van der Waals surface area contributed by atoms with Gasteiger partial charge in [-0.15, -0.1) is 0 Å². The minimum atomic E-state index is -4.45. The van der Waals surface area contributed by atoms with Crippen molar-refractivity contribution < 1.29 is 18.0 Å². The molecule has 3 aromatic rings. The third-order valence-electron chi connectivity index (χ3n) is 4.63. The quantitative estimate of drug-likeness (QED) is 0.396. The Morgan fingerprint density at radius 3 is 2.53 bits per heavy atom. The van der Waals surface area contributed by atoms with Crippen molar-refractivity contribution >= 4 is 29.1 Å². The number of alkyl halides is 3. The number of hydrazine groups is 1. The molecular formula is C20H22F3N7OS. The number of nitrogens with one attached hydrogen (secondary N) is 3. The highest BCUT2D eigenvalue weighted by atomic mass is 32.1. The summed E-state index contributed by atoms with van der Waals surface area (Å²) < 4.78 is 42.4. The number of anilines is 1. The summed E-state index contributed by atoms with van der Waals surface area (Å²) in [6, 6.07) is 8.19. The van der Waals surface area contributed by atoms with Gasteiger partial charge < -0.3 is 5.32 Å². The number of carbonyl (C=O) groups excluding carboxylic acids is 1. The zero-order valence-corrected chi connectivity index (χ0v) is 18.4. The Morgan fingerprint density at radius 2 is 1.88 bits per heavy atom. The molecule has 0 aliphatic carbocycles. The molecule has 3 rings (SSSR count). The standard InChI is InChI=1S/C20H22F3N7OS/c1-12-10-13(2)30(27-12)14(3)18(31)25-26-19(32)24-17-8-9-29(28-17)11-15-6-4-5-7-16(15)20(21,22)23/h4-10,14H,11H2,1-3H3,(H,25,31)(H2,24,26,28,32). The van der Waals surface area contributed by atoms with E-state index in [1.165, 1.54) is 23.0 Å². The van der Waals surface area contributed by atoms with Crippen LogP contribution in [-0.2, 0) is 17.5 Å². The van der Waals surface area contributed by atoms with Gasteiger partial charge >= 0.3 is 6.18 Å². The van der Waals surface area contributed by atoms with Crippen LogP contribution in [-0.4, -0.2) is 30.6 Å². The number of rotatable bonds is 5. The second-order valence-electron chi connectivity index (χ2n) is 7.17. The molecule has 0 aliphatic heterocycles. The van der Waals surface area contributed by atoms with E-state index in [2.05, 4.69) is 26.4 Å². The van der Waals surface area contributed by atoms with E-state index < -0.39 is 17.8 Å². The summed E-state index contributed by atoms with van der Waals surface area (Å²) in [5.41, 5.74) is 6.12. The van der Waals surface area contributed by atoms with Crippen molar-refractivity contribution in [3.05, 3.63) is 65.1 Å². The maximum absolute atomic E-state index is 13.2. The van der Waals surface area contributed by atoms with E-state index in [9.17, 15) is 18.0 Å². The minimum Gasteiger partial charge on any atom is -0.315 e. The zero-order chi connectivity index (χ0) is 23.5. The zero-order valence-electron chi connectivity index (χ0n) is 17.6. The number of amides is 1. The van der Waals surface area contributed by atoms with Crippen LogP contribution in [0.1, 0.15) is 35.5 Å². The summed E-state index contributed by atoms with van der Waals surface area (Å²) in [4.78, 5) is 12.3. The van der Waals surface area contributed by atoms with Crippen molar-refractivity contribution in [3.8, 4) is 0 Å². The summed E-state index contributed by atoms with van der Waals surface area (Å²) in [6.07, 6.45) is -2.92. The molecule has 2 heterocycles. The van der Waals surface area contributed by atoms with Crippen LogP contribution in [0.4, 0.5) is 19.0 Å². The normalized spacial score (nSPS) is 12.3. The van der Waals surface area contributed by atoms with Crippen LogP contribution in [0.3, 0.4) is 0 Å². The van der Waals surface area contributed by atoms with Crippen LogP contribution in [0.25, 0.3) is 0 Å². The Balaban J connectivity index is 1.55. The molecule has 0 fully saturated rings. The van der Waals surface area contributed by atoms with Crippen LogP contribution in [0, 0.1) is 13.8 Å². The van der Waals surface area contributed by atoms with E-state index >= 15 is 0 Å². The van der Waals surface area contributed by atoms with Crippen molar-refractivity contribution in [2.75, 3.05) is 5.32 Å². The van der Waals surface area contributed by atoms with Gasteiger partial charge in [0.1, 0.15) is 6.04 Å². The highest BCUT2D eigenvalue weighted by Crippen LogP contribution is 2.32. The lowest BCUT2D eigenvalue weighted by molar-refractivity contribution is -0.138. The molecule has 170 valence electrons. The van der Waals surface area contributed by atoms with Crippen molar-refractivity contribution in [1.29, 1.82) is 0 Å². The van der Waals surface area contributed by atoms with Gasteiger partial charge in [-0.2, -0.15) is 23.4 Å². The molecule has 1 amide bonds. The Morgan fingerprint density at radius 1 is 1.16 bits per heavy atom. The highest BCUT2D eigenvalue weighted by Gasteiger charge is 2.32. The monoisotopic (exact) mass is 465 g/mol. The van der Waals surface area contributed by atoms with Gasteiger partial charge in [0.25, 0.3) is 5.91 Å². The minimum absolute atomic E-state index is 0.0611. The van der Waals surface area contributed by atoms with E-state index in [1.807, 2.05) is 19.9 Å². The molecule has 32 heavy (non-hydrogen) atoms. The Labute approximate surface area is 187 Å². The molecule has 2 aromatic heterocycles. The number of aryl methyl sites for hydroxylation is 2. The molecule has 0 saturated heterocycles. The first-order valence-corrected chi connectivity index (χ1v) is 10.0. The average Bonchev–Trinajstić information content (AvgIpc) is 3.30. The second kappa shape index (κ2) is 9.39. The summed E-state index contributed by atoms with van der Waals surface area (Å²) in [7, 11) is 0. The molecule has 0 radical (unpaired) electrons. The maximum atomic E-state index is 13.2. The van der Waals surface area contributed by atoms with Crippen molar-refractivity contribution in [3.63, 3.8) is 0 Å². The molecule has 0 bridgehead atoms. The maximum Gasteiger partial charge on any atom is 0.416 e. The third-order valence-corrected chi connectivity index (χ3v) is 4.83. The van der Waals surface area contributed by atoms with E-state index in [0.29, 0.717) is 5.82 Å². The molecule has 0 saturated carbocycles. The molecule has 8 nitrogen and oxygen atoms in total. The first-order chi connectivity index (χ1) is 15.0. The van der Waals surface area contributed by atoms with Crippen molar-refractivity contribution in [1.82, 2.24) is 30.4 Å². The second-order valence-corrected chi connectivity index (χ2v) is 7.58.